The zero-order valence-corrected chi connectivity index (χ0v) is 16.9. The van der Waals surface area contributed by atoms with E-state index in [-0.39, 0.29) is 5.75 Å². The smallest absolute Gasteiger partial charge is 0.203 e. The van der Waals surface area contributed by atoms with Crippen molar-refractivity contribution in [3.63, 3.8) is 0 Å². The zero-order chi connectivity index (χ0) is 20.2. The quantitative estimate of drug-likeness (QED) is 0.374. The van der Waals surface area contributed by atoms with Crippen LogP contribution in [0, 0.1) is 0 Å². The normalized spacial score (nSPS) is 10.6. The lowest BCUT2D eigenvalue weighted by Crippen LogP contribution is -2.03. The van der Waals surface area contributed by atoms with E-state index in [0.29, 0.717) is 24.7 Å². The molecule has 3 aromatic carbocycles. The van der Waals surface area contributed by atoms with Crippen molar-refractivity contribution >= 4 is 0 Å². The Kier molecular flexibility index (Phi) is 8.46. The van der Waals surface area contributed by atoms with Crippen LogP contribution in [0.3, 0.4) is 0 Å². The molecule has 29 heavy (non-hydrogen) atoms. The van der Waals surface area contributed by atoms with Crippen molar-refractivity contribution in [1.29, 1.82) is 0 Å². The van der Waals surface area contributed by atoms with E-state index in [0.717, 1.165) is 38.5 Å². The van der Waals surface area contributed by atoms with Gasteiger partial charge in [-0.3, -0.25) is 0 Å². The molecule has 3 aromatic rings. The minimum atomic E-state index is 0.134. The Balaban J connectivity index is 1.38. The molecule has 0 saturated carbocycles. The van der Waals surface area contributed by atoms with Crippen molar-refractivity contribution in [2.75, 3.05) is 13.2 Å². The van der Waals surface area contributed by atoms with Gasteiger partial charge in [0.15, 0.2) is 11.5 Å². The molecule has 0 amide bonds. The Morgan fingerprint density at radius 2 is 1.10 bits per heavy atom. The van der Waals surface area contributed by atoms with Crippen LogP contribution in [-0.2, 0) is 12.8 Å². The number of hydrogen-bond donors (Lipinski definition) is 1. The van der Waals surface area contributed by atoms with Gasteiger partial charge in [0.25, 0.3) is 0 Å². The summed E-state index contributed by atoms with van der Waals surface area (Å²) in [6.07, 6.45) is 6.09. The summed E-state index contributed by atoms with van der Waals surface area (Å²) in [6, 6.07) is 26.2. The molecule has 0 bridgehead atoms. The van der Waals surface area contributed by atoms with Crippen LogP contribution in [0.15, 0.2) is 78.9 Å². The van der Waals surface area contributed by atoms with Crippen LogP contribution >= 0.6 is 0 Å². The van der Waals surface area contributed by atoms with Gasteiger partial charge in [-0.1, -0.05) is 66.7 Å². The van der Waals surface area contributed by atoms with Gasteiger partial charge < -0.3 is 14.6 Å². The Hall–Kier alpha value is -2.94. The fraction of sp³-hybridized carbons (Fsp3) is 0.308. The molecule has 0 aliphatic heterocycles. The van der Waals surface area contributed by atoms with Gasteiger partial charge in [-0.2, -0.15) is 0 Å². The molecule has 1 N–H and O–H groups in total. The van der Waals surface area contributed by atoms with Gasteiger partial charge in [0.1, 0.15) is 0 Å². The predicted molar refractivity (Wildman–Crippen MR) is 118 cm³/mol. The van der Waals surface area contributed by atoms with Crippen molar-refractivity contribution in [1.82, 2.24) is 0 Å². The van der Waals surface area contributed by atoms with Crippen LogP contribution in [0.5, 0.6) is 17.2 Å². The third kappa shape index (κ3) is 7.19. The molecule has 0 atom stereocenters. The minimum Gasteiger partial charge on any atom is -0.504 e. The first-order chi connectivity index (χ1) is 14.3. The van der Waals surface area contributed by atoms with Gasteiger partial charge in [0, 0.05) is 0 Å². The average Bonchev–Trinajstić information content (AvgIpc) is 2.76. The number of para-hydroxylation sites is 1. The van der Waals surface area contributed by atoms with E-state index in [2.05, 4.69) is 48.5 Å². The maximum Gasteiger partial charge on any atom is 0.203 e. The second-order valence-corrected chi connectivity index (χ2v) is 7.19. The van der Waals surface area contributed by atoms with E-state index in [9.17, 15) is 5.11 Å². The number of benzene rings is 3. The standard InChI is InChI=1S/C26H30O3/c27-24-18-11-19-25(28-20-9-7-16-22-12-3-1-4-13-22)26(24)29-21-10-8-17-23-14-5-2-6-15-23/h1-6,11-15,18-19,27H,7-10,16-17,20-21H2. The van der Waals surface area contributed by atoms with Crippen molar-refractivity contribution < 1.29 is 14.6 Å². The molecule has 0 aliphatic carbocycles. The largest absolute Gasteiger partial charge is 0.504 e. The van der Waals surface area contributed by atoms with Crippen molar-refractivity contribution in [3.8, 4) is 17.2 Å². The number of phenols is 1. The SMILES string of the molecule is Oc1cccc(OCCCCc2ccccc2)c1OCCCCc1ccccc1. The maximum absolute atomic E-state index is 10.2. The van der Waals surface area contributed by atoms with Crippen LogP contribution in [0.2, 0.25) is 0 Å². The molecule has 0 heterocycles. The summed E-state index contributed by atoms with van der Waals surface area (Å²) in [5.74, 6) is 1.21. The lowest BCUT2D eigenvalue weighted by molar-refractivity contribution is 0.250. The molecule has 0 fully saturated rings. The molecule has 152 valence electrons. The van der Waals surface area contributed by atoms with Crippen molar-refractivity contribution in [2.24, 2.45) is 0 Å². The van der Waals surface area contributed by atoms with E-state index in [4.69, 9.17) is 9.47 Å². The Labute approximate surface area is 173 Å². The highest BCUT2D eigenvalue weighted by Gasteiger charge is 2.10. The second kappa shape index (κ2) is 11.8. The summed E-state index contributed by atoms with van der Waals surface area (Å²) in [5, 5.41) is 10.2. The Morgan fingerprint density at radius 3 is 1.69 bits per heavy atom. The summed E-state index contributed by atoms with van der Waals surface area (Å²) < 4.78 is 11.8. The average molecular weight is 391 g/mol. The molecule has 0 radical (unpaired) electrons. The predicted octanol–water partition coefficient (Wildman–Crippen LogP) is 6.20. The van der Waals surface area contributed by atoms with Gasteiger partial charge in [0.05, 0.1) is 13.2 Å². The van der Waals surface area contributed by atoms with Gasteiger partial charge in [0.2, 0.25) is 5.75 Å². The number of unbranched alkanes of at least 4 members (excludes halogenated alkanes) is 2. The molecule has 3 rings (SSSR count). The first-order valence-corrected chi connectivity index (χ1v) is 10.5. The zero-order valence-electron chi connectivity index (χ0n) is 16.9. The molecular weight excluding hydrogens is 360 g/mol. The van der Waals surface area contributed by atoms with Gasteiger partial charge in [-0.05, 0) is 61.8 Å². The van der Waals surface area contributed by atoms with Crippen molar-refractivity contribution in [3.05, 3.63) is 90.0 Å². The van der Waals surface area contributed by atoms with Crippen LogP contribution in [0.25, 0.3) is 0 Å². The third-order valence-electron chi connectivity index (χ3n) is 4.87. The molecule has 0 aromatic heterocycles. The third-order valence-corrected chi connectivity index (χ3v) is 4.87. The van der Waals surface area contributed by atoms with E-state index >= 15 is 0 Å². The lowest BCUT2D eigenvalue weighted by atomic mass is 10.1. The minimum absolute atomic E-state index is 0.134. The number of aromatic hydroxyl groups is 1. The number of ether oxygens (including phenoxy) is 2. The molecule has 0 saturated heterocycles. The summed E-state index contributed by atoms with van der Waals surface area (Å²) in [6.45, 7) is 1.18. The van der Waals surface area contributed by atoms with E-state index in [1.165, 1.54) is 11.1 Å². The molecule has 0 aliphatic rings. The molecule has 3 nitrogen and oxygen atoms in total. The summed E-state index contributed by atoms with van der Waals surface area (Å²) >= 11 is 0. The van der Waals surface area contributed by atoms with E-state index in [1.807, 2.05) is 18.2 Å². The highest BCUT2D eigenvalue weighted by Crippen LogP contribution is 2.36. The van der Waals surface area contributed by atoms with Gasteiger partial charge in [-0.25, -0.2) is 0 Å². The maximum atomic E-state index is 10.2. The van der Waals surface area contributed by atoms with Gasteiger partial charge >= 0.3 is 0 Å². The molecule has 0 unspecified atom stereocenters. The summed E-state index contributed by atoms with van der Waals surface area (Å²) in [4.78, 5) is 0. The number of rotatable bonds is 12. The Morgan fingerprint density at radius 1 is 0.552 bits per heavy atom. The lowest BCUT2D eigenvalue weighted by Gasteiger charge is -2.14. The fourth-order valence-corrected chi connectivity index (χ4v) is 3.27. The number of phenolic OH excluding ortho intramolecular Hbond substituents is 1. The highest BCUT2D eigenvalue weighted by atomic mass is 16.5. The van der Waals surface area contributed by atoms with E-state index < -0.39 is 0 Å². The van der Waals surface area contributed by atoms with Gasteiger partial charge in [-0.15, -0.1) is 0 Å². The monoisotopic (exact) mass is 390 g/mol. The number of hydrogen-bond acceptors (Lipinski definition) is 3. The fourth-order valence-electron chi connectivity index (χ4n) is 3.27. The topological polar surface area (TPSA) is 38.7 Å². The molecule has 3 heteroatoms. The highest BCUT2D eigenvalue weighted by molar-refractivity contribution is 5.50. The van der Waals surface area contributed by atoms with Crippen LogP contribution in [0.4, 0.5) is 0 Å². The van der Waals surface area contributed by atoms with Crippen LogP contribution in [0.1, 0.15) is 36.8 Å². The van der Waals surface area contributed by atoms with Crippen LogP contribution in [-0.4, -0.2) is 18.3 Å². The van der Waals surface area contributed by atoms with Crippen LogP contribution < -0.4 is 9.47 Å². The van der Waals surface area contributed by atoms with E-state index in [1.54, 1.807) is 12.1 Å². The summed E-state index contributed by atoms with van der Waals surface area (Å²) in [5.41, 5.74) is 2.69. The first-order valence-electron chi connectivity index (χ1n) is 10.5. The molecular formula is C26H30O3. The Bertz CT molecular complexity index is 831. The first kappa shape index (κ1) is 20.8. The second-order valence-electron chi connectivity index (χ2n) is 7.19. The summed E-state index contributed by atoms with van der Waals surface area (Å²) in [7, 11) is 0. The van der Waals surface area contributed by atoms with Crippen molar-refractivity contribution in [2.45, 2.75) is 38.5 Å². The molecule has 0 spiro atoms. The number of aryl methyl sites for hydroxylation is 2.